The number of piperidine rings is 1. The van der Waals surface area contributed by atoms with Gasteiger partial charge >= 0.3 is 0 Å². The molecule has 1 rings (SSSR count). The van der Waals surface area contributed by atoms with Crippen LogP contribution in [0.25, 0.3) is 0 Å². The molecule has 1 N–H and O–H groups in total. The van der Waals surface area contributed by atoms with Gasteiger partial charge in [-0.25, -0.2) is 0 Å². The highest BCUT2D eigenvalue weighted by atomic mass is 32.2. The summed E-state index contributed by atoms with van der Waals surface area (Å²) in [6.07, 6.45) is 3.02. The van der Waals surface area contributed by atoms with Gasteiger partial charge in [0.25, 0.3) is 10.2 Å². The Hall–Kier alpha value is -0.170. The van der Waals surface area contributed by atoms with E-state index in [-0.39, 0.29) is 11.5 Å². The van der Waals surface area contributed by atoms with Gasteiger partial charge in [-0.2, -0.15) is 17.0 Å². The molecule has 0 spiro atoms. The molecule has 114 valence electrons. The molecule has 0 amide bonds. The van der Waals surface area contributed by atoms with Gasteiger partial charge in [0.05, 0.1) is 0 Å². The number of nitrogens with zero attached hydrogens (tertiary/aromatic N) is 2. The Labute approximate surface area is 118 Å². The summed E-state index contributed by atoms with van der Waals surface area (Å²) in [7, 11) is 0.219. The lowest BCUT2D eigenvalue weighted by Crippen LogP contribution is -2.53. The van der Waals surface area contributed by atoms with Crippen molar-refractivity contribution in [3.63, 3.8) is 0 Å². The van der Waals surface area contributed by atoms with Gasteiger partial charge in [0, 0.05) is 32.7 Å². The van der Waals surface area contributed by atoms with Crippen LogP contribution in [0.1, 0.15) is 40.0 Å². The predicted octanol–water partition coefficient (Wildman–Crippen LogP) is 1.28. The minimum absolute atomic E-state index is 0.0316. The monoisotopic (exact) mass is 291 g/mol. The molecule has 5 nitrogen and oxygen atoms in total. The fourth-order valence-corrected chi connectivity index (χ4v) is 4.47. The molecule has 0 aromatic rings. The number of hydrogen-bond acceptors (Lipinski definition) is 3. The van der Waals surface area contributed by atoms with Crippen molar-refractivity contribution in [3.8, 4) is 0 Å². The Morgan fingerprint density at radius 1 is 1.32 bits per heavy atom. The SMILES string of the molecule is CNCC1CCCCN1S(=O)(=O)N(C)CC(C)(C)C. The molecular weight excluding hydrogens is 262 g/mol. The second kappa shape index (κ2) is 6.52. The van der Waals surface area contributed by atoms with Crippen LogP contribution >= 0.6 is 0 Å². The predicted molar refractivity (Wildman–Crippen MR) is 79.3 cm³/mol. The number of hydrogen-bond donors (Lipinski definition) is 1. The molecule has 1 aliphatic rings. The van der Waals surface area contributed by atoms with Crippen LogP contribution in [0, 0.1) is 5.41 Å². The Balaban J connectivity index is 2.84. The maximum atomic E-state index is 12.7. The minimum atomic E-state index is -3.34. The first-order valence-electron chi connectivity index (χ1n) is 7.06. The van der Waals surface area contributed by atoms with Gasteiger partial charge in [0.2, 0.25) is 0 Å². The second-order valence-electron chi connectivity index (χ2n) is 6.64. The van der Waals surface area contributed by atoms with Gasteiger partial charge in [-0.1, -0.05) is 27.2 Å². The van der Waals surface area contributed by atoms with E-state index in [0.717, 1.165) is 25.8 Å². The molecule has 0 aromatic heterocycles. The molecule has 1 fully saturated rings. The van der Waals surface area contributed by atoms with E-state index < -0.39 is 10.2 Å². The fraction of sp³-hybridized carbons (Fsp3) is 1.00. The minimum Gasteiger partial charge on any atom is -0.318 e. The molecule has 0 saturated carbocycles. The summed E-state index contributed by atoms with van der Waals surface area (Å²) in [6, 6.07) is 0.0890. The van der Waals surface area contributed by atoms with Gasteiger partial charge in [-0.3, -0.25) is 0 Å². The third-order valence-corrected chi connectivity index (χ3v) is 5.39. The lowest BCUT2D eigenvalue weighted by molar-refractivity contribution is 0.221. The topological polar surface area (TPSA) is 52.7 Å². The van der Waals surface area contributed by atoms with Gasteiger partial charge in [-0.05, 0) is 25.3 Å². The van der Waals surface area contributed by atoms with Crippen LogP contribution in [0.4, 0.5) is 0 Å². The van der Waals surface area contributed by atoms with E-state index in [9.17, 15) is 8.42 Å². The Morgan fingerprint density at radius 2 is 1.95 bits per heavy atom. The molecule has 1 aliphatic heterocycles. The summed E-state index contributed by atoms with van der Waals surface area (Å²) >= 11 is 0. The molecule has 1 atom stereocenters. The first-order valence-corrected chi connectivity index (χ1v) is 8.46. The molecule has 0 aromatic carbocycles. The van der Waals surface area contributed by atoms with E-state index >= 15 is 0 Å². The quantitative estimate of drug-likeness (QED) is 0.830. The average Bonchev–Trinajstić information content (AvgIpc) is 2.27. The first kappa shape index (κ1) is 16.9. The largest absolute Gasteiger partial charge is 0.318 e. The zero-order valence-corrected chi connectivity index (χ0v) is 13.8. The Morgan fingerprint density at radius 3 is 2.47 bits per heavy atom. The maximum Gasteiger partial charge on any atom is 0.282 e. The zero-order valence-electron chi connectivity index (χ0n) is 12.9. The fourth-order valence-electron chi connectivity index (χ4n) is 2.65. The highest BCUT2D eigenvalue weighted by Crippen LogP contribution is 2.24. The lowest BCUT2D eigenvalue weighted by Gasteiger charge is -2.38. The molecule has 0 aliphatic carbocycles. The summed E-state index contributed by atoms with van der Waals surface area (Å²) in [4.78, 5) is 0. The van der Waals surface area contributed by atoms with Crippen LogP contribution in [0.5, 0.6) is 0 Å². The van der Waals surface area contributed by atoms with E-state index in [4.69, 9.17) is 0 Å². The highest BCUT2D eigenvalue weighted by Gasteiger charge is 2.35. The summed E-state index contributed by atoms with van der Waals surface area (Å²) in [6.45, 7) is 8.07. The first-order chi connectivity index (χ1) is 8.68. The van der Waals surface area contributed by atoms with Crippen molar-refractivity contribution in [2.45, 2.75) is 46.1 Å². The number of nitrogens with one attached hydrogen (secondary N) is 1. The van der Waals surface area contributed by atoms with Gasteiger partial charge in [0.15, 0.2) is 0 Å². The molecular formula is C13H29N3O2S. The average molecular weight is 291 g/mol. The van der Waals surface area contributed by atoms with E-state index in [1.54, 1.807) is 11.4 Å². The van der Waals surface area contributed by atoms with Crippen molar-refractivity contribution in [2.24, 2.45) is 5.41 Å². The zero-order chi connectivity index (χ0) is 14.7. The summed E-state index contributed by atoms with van der Waals surface area (Å²) in [5, 5.41) is 3.10. The number of rotatable bonds is 5. The van der Waals surface area contributed by atoms with Gasteiger partial charge in [-0.15, -0.1) is 0 Å². The highest BCUT2D eigenvalue weighted by molar-refractivity contribution is 7.86. The summed E-state index contributed by atoms with van der Waals surface area (Å²) < 4.78 is 28.5. The van der Waals surface area contributed by atoms with Gasteiger partial charge in [0.1, 0.15) is 0 Å². The van der Waals surface area contributed by atoms with Crippen molar-refractivity contribution < 1.29 is 8.42 Å². The maximum absolute atomic E-state index is 12.7. The standard InChI is InChI=1S/C13H29N3O2S/c1-13(2,3)11-15(5)19(17,18)16-9-7-6-8-12(16)10-14-4/h12,14H,6-11H2,1-5H3. The van der Waals surface area contributed by atoms with Crippen molar-refractivity contribution in [2.75, 3.05) is 33.7 Å². The van der Waals surface area contributed by atoms with Crippen molar-refractivity contribution in [1.29, 1.82) is 0 Å². The third kappa shape index (κ3) is 4.70. The molecule has 0 radical (unpaired) electrons. The van der Waals surface area contributed by atoms with E-state index in [0.29, 0.717) is 13.1 Å². The smallest absolute Gasteiger partial charge is 0.282 e. The molecule has 1 heterocycles. The van der Waals surface area contributed by atoms with Crippen LogP contribution in [0.15, 0.2) is 0 Å². The normalized spacial score (nSPS) is 22.9. The van der Waals surface area contributed by atoms with Crippen molar-refractivity contribution in [1.82, 2.24) is 13.9 Å². The van der Waals surface area contributed by atoms with Crippen LogP contribution in [0.2, 0.25) is 0 Å². The molecule has 19 heavy (non-hydrogen) atoms. The third-order valence-electron chi connectivity index (χ3n) is 3.40. The van der Waals surface area contributed by atoms with Crippen molar-refractivity contribution >= 4 is 10.2 Å². The Kier molecular flexibility index (Phi) is 5.79. The van der Waals surface area contributed by atoms with Crippen LogP contribution in [-0.4, -0.2) is 56.8 Å². The lowest BCUT2D eigenvalue weighted by atomic mass is 9.97. The van der Waals surface area contributed by atoms with Crippen LogP contribution < -0.4 is 5.32 Å². The van der Waals surface area contributed by atoms with Crippen LogP contribution in [0.3, 0.4) is 0 Å². The van der Waals surface area contributed by atoms with Crippen molar-refractivity contribution in [3.05, 3.63) is 0 Å². The number of likely N-dealkylation sites (N-methyl/N-ethyl adjacent to an activating group) is 1. The summed E-state index contributed by atoms with van der Waals surface area (Å²) in [5.74, 6) is 0. The van der Waals surface area contributed by atoms with E-state index in [1.807, 2.05) is 7.05 Å². The second-order valence-corrected chi connectivity index (χ2v) is 8.63. The molecule has 1 saturated heterocycles. The molecule has 1 unspecified atom stereocenters. The molecule has 0 bridgehead atoms. The Bertz CT molecular complexity index is 374. The van der Waals surface area contributed by atoms with Crippen LogP contribution in [-0.2, 0) is 10.2 Å². The van der Waals surface area contributed by atoms with E-state index in [1.165, 1.54) is 4.31 Å². The van der Waals surface area contributed by atoms with E-state index in [2.05, 4.69) is 26.1 Å². The summed E-state index contributed by atoms with van der Waals surface area (Å²) in [5.41, 5.74) is -0.0316. The molecule has 6 heteroatoms. The van der Waals surface area contributed by atoms with Gasteiger partial charge < -0.3 is 5.32 Å².